The van der Waals surface area contributed by atoms with Crippen LogP contribution in [-0.4, -0.2) is 37.2 Å². The van der Waals surface area contributed by atoms with E-state index in [1.165, 1.54) is 45.5 Å². The minimum Gasteiger partial charge on any atom is -0.298 e. The molecule has 1 aromatic heterocycles. The molecule has 0 atom stereocenters. The van der Waals surface area contributed by atoms with E-state index >= 15 is 0 Å². The van der Waals surface area contributed by atoms with Gasteiger partial charge in [-0.05, 0) is 36.2 Å². The number of amides is 1. The number of fused-ring (bicyclic) bond motifs is 3. The second kappa shape index (κ2) is 8.29. The number of nitrogens with zero attached hydrogens (tertiary/aromatic N) is 2. The van der Waals surface area contributed by atoms with Gasteiger partial charge in [0, 0.05) is 36.0 Å². The van der Waals surface area contributed by atoms with Crippen molar-refractivity contribution in [3.05, 3.63) is 64.5 Å². The summed E-state index contributed by atoms with van der Waals surface area (Å²) in [6.07, 6.45) is 2.56. The number of carbonyl (C=O) groups is 1. The van der Waals surface area contributed by atoms with Crippen LogP contribution < -0.4 is 5.32 Å². The molecule has 0 aliphatic heterocycles. The molecule has 0 saturated heterocycles. The summed E-state index contributed by atoms with van der Waals surface area (Å²) in [6, 6.07) is 14.2. The molecule has 1 N–H and O–H groups in total. The summed E-state index contributed by atoms with van der Waals surface area (Å²) in [7, 11) is -1.97. The van der Waals surface area contributed by atoms with Crippen LogP contribution in [0, 0.1) is 0 Å². The van der Waals surface area contributed by atoms with E-state index in [0.717, 1.165) is 35.4 Å². The number of carbonyl (C=O) groups excluding carboxylic acids is 1. The number of thiazole rings is 1. The highest BCUT2D eigenvalue weighted by Gasteiger charge is 2.24. The van der Waals surface area contributed by atoms with E-state index in [1.54, 1.807) is 7.05 Å². The van der Waals surface area contributed by atoms with Gasteiger partial charge in [0.05, 0.1) is 10.6 Å². The maximum absolute atomic E-state index is 12.6. The minimum atomic E-state index is -3.55. The number of aromatic nitrogens is 1. The van der Waals surface area contributed by atoms with Gasteiger partial charge in [0.2, 0.25) is 10.0 Å². The second-order valence-corrected chi connectivity index (χ2v) is 10.4. The Balaban J connectivity index is 1.47. The van der Waals surface area contributed by atoms with Gasteiger partial charge in [-0.3, -0.25) is 10.1 Å². The summed E-state index contributed by atoms with van der Waals surface area (Å²) in [4.78, 5) is 18.5. The van der Waals surface area contributed by atoms with Gasteiger partial charge in [-0.1, -0.05) is 37.6 Å². The molecule has 2 aromatic carbocycles. The van der Waals surface area contributed by atoms with E-state index in [0.29, 0.717) is 17.2 Å². The highest BCUT2D eigenvalue weighted by atomic mass is 32.2. The average Bonchev–Trinajstić information content (AvgIpc) is 3.29. The summed E-state index contributed by atoms with van der Waals surface area (Å²) in [6.45, 7) is 2.49. The third-order valence-electron chi connectivity index (χ3n) is 5.19. The van der Waals surface area contributed by atoms with Gasteiger partial charge in [0.15, 0.2) is 5.13 Å². The molecule has 0 unspecified atom stereocenters. The Kier molecular flexibility index (Phi) is 5.73. The predicted molar refractivity (Wildman–Crippen MR) is 119 cm³/mol. The molecule has 1 heterocycles. The van der Waals surface area contributed by atoms with Gasteiger partial charge >= 0.3 is 0 Å². The highest BCUT2D eigenvalue weighted by Crippen LogP contribution is 2.40. The Labute approximate surface area is 180 Å². The zero-order valence-corrected chi connectivity index (χ0v) is 18.5. The molecule has 8 heteroatoms. The van der Waals surface area contributed by atoms with E-state index in [2.05, 4.69) is 16.4 Å². The zero-order chi connectivity index (χ0) is 21.3. The summed E-state index contributed by atoms with van der Waals surface area (Å²) in [5, 5.41) is 3.39. The third-order valence-corrected chi connectivity index (χ3v) is 8.03. The van der Waals surface area contributed by atoms with Crippen LogP contribution in [-0.2, 0) is 16.4 Å². The first-order valence-corrected chi connectivity index (χ1v) is 12.1. The first-order chi connectivity index (χ1) is 14.4. The lowest BCUT2D eigenvalue weighted by atomic mass is 10.1. The Bertz CT molecular complexity index is 1180. The smallest absolute Gasteiger partial charge is 0.257 e. The third kappa shape index (κ3) is 3.90. The summed E-state index contributed by atoms with van der Waals surface area (Å²) < 4.78 is 26.6. The number of hydrogen-bond acceptors (Lipinski definition) is 5. The second-order valence-electron chi connectivity index (χ2n) is 7.28. The quantitative estimate of drug-likeness (QED) is 0.461. The van der Waals surface area contributed by atoms with Crippen LogP contribution in [0.4, 0.5) is 5.13 Å². The number of rotatable bonds is 7. The van der Waals surface area contributed by atoms with E-state index in [1.807, 2.05) is 25.1 Å². The molecule has 1 aliphatic carbocycles. The fraction of sp³-hybridized carbons (Fsp3) is 0.273. The Hall–Kier alpha value is -2.55. The van der Waals surface area contributed by atoms with Crippen molar-refractivity contribution in [1.82, 2.24) is 9.29 Å². The zero-order valence-electron chi connectivity index (χ0n) is 16.9. The van der Waals surface area contributed by atoms with Crippen molar-refractivity contribution in [2.75, 3.05) is 18.9 Å². The maximum atomic E-state index is 12.6. The summed E-state index contributed by atoms with van der Waals surface area (Å²) in [5.41, 5.74) is 3.69. The fourth-order valence-corrected chi connectivity index (χ4v) is 5.65. The first kappa shape index (κ1) is 20.7. The largest absolute Gasteiger partial charge is 0.298 e. The van der Waals surface area contributed by atoms with Gasteiger partial charge in [-0.15, -0.1) is 11.3 Å². The van der Waals surface area contributed by atoms with Crippen molar-refractivity contribution >= 4 is 32.4 Å². The molecular weight excluding hydrogens is 418 g/mol. The van der Waals surface area contributed by atoms with Gasteiger partial charge in [0.25, 0.3) is 5.91 Å². The number of unbranched alkanes of at least 4 members (excludes halogenated alkanes) is 1. The summed E-state index contributed by atoms with van der Waals surface area (Å²) >= 11 is 1.47. The predicted octanol–water partition coefficient (Wildman–Crippen LogP) is 4.39. The molecule has 3 aromatic rings. The topological polar surface area (TPSA) is 79.4 Å². The number of hydrogen-bond donors (Lipinski definition) is 1. The number of sulfonamides is 1. The molecule has 0 radical (unpaired) electrons. The van der Waals surface area contributed by atoms with Crippen LogP contribution in [0.5, 0.6) is 0 Å². The van der Waals surface area contributed by atoms with Crippen molar-refractivity contribution < 1.29 is 13.2 Å². The fourth-order valence-electron chi connectivity index (χ4n) is 3.44. The normalized spacial score (nSPS) is 12.6. The molecule has 6 nitrogen and oxygen atoms in total. The van der Waals surface area contributed by atoms with Crippen molar-refractivity contribution in [2.24, 2.45) is 0 Å². The SMILES string of the molecule is CCCCN(C)S(=O)(=O)c1ccc(C(=O)Nc2nc3c(s2)Cc2ccccc2-3)cc1. The molecular formula is C22H23N3O3S2. The van der Waals surface area contributed by atoms with Crippen molar-refractivity contribution in [3.8, 4) is 11.3 Å². The molecule has 156 valence electrons. The maximum Gasteiger partial charge on any atom is 0.257 e. The Morgan fingerprint density at radius 3 is 2.63 bits per heavy atom. The lowest BCUT2D eigenvalue weighted by molar-refractivity contribution is 0.102. The van der Waals surface area contributed by atoms with Crippen molar-refractivity contribution in [1.29, 1.82) is 0 Å². The van der Waals surface area contributed by atoms with E-state index < -0.39 is 10.0 Å². The van der Waals surface area contributed by atoms with E-state index in [9.17, 15) is 13.2 Å². The van der Waals surface area contributed by atoms with Crippen LogP contribution in [0.2, 0.25) is 0 Å². The van der Waals surface area contributed by atoms with Crippen LogP contribution >= 0.6 is 11.3 Å². The standard InChI is InChI=1S/C22H23N3O3S2/c1-3-4-13-25(2)30(27,28)17-11-9-15(10-12-17)21(26)24-22-23-20-18-8-6-5-7-16(18)14-19(20)29-22/h5-12H,3-4,13-14H2,1-2H3,(H,23,24,26). The molecule has 1 aliphatic rings. The average molecular weight is 442 g/mol. The minimum absolute atomic E-state index is 0.183. The van der Waals surface area contributed by atoms with Gasteiger partial charge in [0.1, 0.15) is 0 Å². The van der Waals surface area contributed by atoms with Gasteiger partial charge in [-0.25, -0.2) is 17.7 Å². The monoisotopic (exact) mass is 441 g/mol. The molecule has 0 bridgehead atoms. The summed E-state index contributed by atoms with van der Waals surface area (Å²) in [5.74, 6) is -0.306. The molecule has 1 amide bonds. The number of anilines is 1. The molecule has 30 heavy (non-hydrogen) atoms. The van der Waals surface area contributed by atoms with Crippen LogP contribution in [0.3, 0.4) is 0 Å². The number of nitrogens with one attached hydrogen (secondary N) is 1. The van der Waals surface area contributed by atoms with E-state index in [4.69, 9.17) is 0 Å². The van der Waals surface area contributed by atoms with Crippen LogP contribution in [0.15, 0.2) is 53.4 Å². The van der Waals surface area contributed by atoms with Crippen molar-refractivity contribution in [3.63, 3.8) is 0 Å². The first-order valence-electron chi connectivity index (χ1n) is 9.86. The Morgan fingerprint density at radius 2 is 1.90 bits per heavy atom. The van der Waals surface area contributed by atoms with E-state index in [-0.39, 0.29) is 10.8 Å². The number of benzene rings is 2. The van der Waals surface area contributed by atoms with Gasteiger partial charge in [-0.2, -0.15) is 0 Å². The molecule has 0 fully saturated rings. The lowest BCUT2D eigenvalue weighted by Gasteiger charge is -2.16. The molecule has 4 rings (SSSR count). The highest BCUT2D eigenvalue weighted by molar-refractivity contribution is 7.89. The Morgan fingerprint density at radius 1 is 1.17 bits per heavy atom. The van der Waals surface area contributed by atoms with Crippen LogP contribution in [0.1, 0.15) is 40.6 Å². The van der Waals surface area contributed by atoms with Crippen molar-refractivity contribution in [2.45, 2.75) is 31.1 Å². The van der Waals surface area contributed by atoms with Gasteiger partial charge < -0.3 is 0 Å². The molecule has 0 saturated carbocycles. The lowest BCUT2D eigenvalue weighted by Crippen LogP contribution is -2.28. The van der Waals surface area contributed by atoms with Crippen LogP contribution in [0.25, 0.3) is 11.3 Å². The molecule has 0 spiro atoms.